The highest BCUT2D eigenvalue weighted by Gasteiger charge is 2.27. The number of benzene rings is 1. The number of morpholine rings is 2. The van der Waals surface area contributed by atoms with Gasteiger partial charge in [0.25, 0.3) is 5.91 Å². The van der Waals surface area contributed by atoms with Gasteiger partial charge in [-0.25, -0.2) is 8.42 Å². The van der Waals surface area contributed by atoms with Crippen LogP contribution in [0.3, 0.4) is 0 Å². The van der Waals surface area contributed by atoms with Gasteiger partial charge in [0.15, 0.2) is 6.61 Å². The SMILES string of the molecule is C[C@@H]1CN(C(=O)COc2ccc(S(=O)(=O)N3CCOCC3)cc2)C[C@H](C)O1. The minimum absolute atomic E-state index is 0.00220. The zero-order chi connectivity index (χ0) is 19.4. The van der Waals surface area contributed by atoms with Gasteiger partial charge in [0.2, 0.25) is 10.0 Å². The smallest absolute Gasteiger partial charge is 0.260 e. The Kier molecular flexibility index (Phi) is 6.36. The van der Waals surface area contributed by atoms with Gasteiger partial charge < -0.3 is 19.1 Å². The molecular weight excluding hydrogens is 372 g/mol. The molecule has 2 aliphatic rings. The van der Waals surface area contributed by atoms with Crippen LogP contribution in [0, 0.1) is 0 Å². The van der Waals surface area contributed by atoms with Gasteiger partial charge in [0.1, 0.15) is 5.75 Å². The van der Waals surface area contributed by atoms with Crippen molar-refractivity contribution in [3.05, 3.63) is 24.3 Å². The fraction of sp³-hybridized carbons (Fsp3) is 0.611. The third kappa shape index (κ3) is 4.98. The van der Waals surface area contributed by atoms with Crippen LogP contribution in [0.5, 0.6) is 5.75 Å². The van der Waals surface area contributed by atoms with Gasteiger partial charge in [0.05, 0.1) is 30.3 Å². The Morgan fingerprint density at radius 3 is 2.30 bits per heavy atom. The molecule has 2 aliphatic heterocycles. The van der Waals surface area contributed by atoms with E-state index in [1.807, 2.05) is 13.8 Å². The predicted molar refractivity (Wildman–Crippen MR) is 98.1 cm³/mol. The highest BCUT2D eigenvalue weighted by atomic mass is 32.2. The van der Waals surface area contributed by atoms with Crippen LogP contribution < -0.4 is 4.74 Å². The molecule has 8 nitrogen and oxygen atoms in total. The molecule has 0 aromatic heterocycles. The van der Waals surface area contributed by atoms with Crippen LogP contribution in [-0.4, -0.2) is 81.7 Å². The number of ether oxygens (including phenoxy) is 3. The first-order valence-corrected chi connectivity index (χ1v) is 10.5. The minimum Gasteiger partial charge on any atom is -0.484 e. The molecule has 1 amide bonds. The molecule has 2 heterocycles. The van der Waals surface area contributed by atoms with Gasteiger partial charge in [-0.15, -0.1) is 0 Å². The van der Waals surface area contributed by atoms with Crippen molar-refractivity contribution >= 4 is 15.9 Å². The zero-order valence-corrected chi connectivity index (χ0v) is 16.5. The lowest BCUT2D eigenvalue weighted by molar-refractivity contribution is -0.145. The third-order valence-electron chi connectivity index (χ3n) is 4.57. The molecule has 0 N–H and O–H groups in total. The number of rotatable bonds is 5. The predicted octanol–water partition coefficient (Wildman–Crippen LogP) is 0.722. The molecule has 0 bridgehead atoms. The molecule has 0 spiro atoms. The summed E-state index contributed by atoms with van der Waals surface area (Å²) in [5, 5.41) is 0. The Hall–Kier alpha value is -1.68. The van der Waals surface area contributed by atoms with E-state index in [0.717, 1.165) is 0 Å². The van der Waals surface area contributed by atoms with Crippen LogP contribution in [0.25, 0.3) is 0 Å². The molecule has 150 valence electrons. The molecule has 0 unspecified atom stereocenters. The highest BCUT2D eigenvalue weighted by molar-refractivity contribution is 7.89. The topological polar surface area (TPSA) is 85.4 Å². The van der Waals surface area contributed by atoms with Gasteiger partial charge >= 0.3 is 0 Å². The number of amides is 1. The van der Waals surface area contributed by atoms with Gasteiger partial charge in [-0.1, -0.05) is 0 Å². The van der Waals surface area contributed by atoms with E-state index < -0.39 is 10.0 Å². The minimum atomic E-state index is -3.53. The Balaban J connectivity index is 1.57. The molecule has 0 radical (unpaired) electrons. The van der Waals surface area contributed by atoms with E-state index in [0.29, 0.717) is 45.1 Å². The second-order valence-corrected chi connectivity index (χ2v) is 8.77. The van der Waals surface area contributed by atoms with Crippen molar-refractivity contribution in [2.75, 3.05) is 46.0 Å². The first-order chi connectivity index (χ1) is 12.9. The largest absolute Gasteiger partial charge is 0.484 e. The van der Waals surface area contributed by atoms with Gasteiger partial charge in [-0.2, -0.15) is 4.31 Å². The molecule has 2 saturated heterocycles. The molecule has 0 aliphatic carbocycles. The lowest BCUT2D eigenvalue weighted by Crippen LogP contribution is -2.49. The summed E-state index contributed by atoms with van der Waals surface area (Å²) in [5.41, 5.74) is 0. The number of hydrogen-bond donors (Lipinski definition) is 0. The lowest BCUT2D eigenvalue weighted by atomic mass is 10.2. The Bertz CT molecular complexity index is 736. The van der Waals surface area contributed by atoms with E-state index in [2.05, 4.69) is 0 Å². The molecule has 9 heteroatoms. The summed E-state index contributed by atoms with van der Waals surface area (Å²) in [6.45, 7) is 6.38. The number of carbonyl (C=O) groups excluding carboxylic acids is 1. The first-order valence-electron chi connectivity index (χ1n) is 9.10. The quantitative estimate of drug-likeness (QED) is 0.727. The standard InChI is InChI=1S/C18H26N2O6S/c1-14-11-19(12-15(2)26-14)18(21)13-25-16-3-5-17(6-4-16)27(22,23)20-7-9-24-10-8-20/h3-6,14-15H,7-13H2,1-2H3/t14-,15+. The van der Waals surface area contributed by atoms with Crippen molar-refractivity contribution in [1.29, 1.82) is 0 Å². The highest BCUT2D eigenvalue weighted by Crippen LogP contribution is 2.20. The van der Waals surface area contributed by atoms with E-state index in [9.17, 15) is 13.2 Å². The van der Waals surface area contributed by atoms with Crippen LogP contribution in [0.2, 0.25) is 0 Å². The molecule has 3 rings (SSSR count). The fourth-order valence-electron chi connectivity index (χ4n) is 3.26. The van der Waals surface area contributed by atoms with E-state index >= 15 is 0 Å². The van der Waals surface area contributed by atoms with E-state index in [1.165, 1.54) is 16.4 Å². The molecule has 2 atom stereocenters. The summed E-state index contributed by atoms with van der Waals surface area (Å²) in [6.07, 6.45) is 0.00440. The van der Waals surface area contributed by atoms with Crippen molar-refractivity contribution < 1.29 is 27.4 Å². The third-order valence-corrected chi connectivity index (χ3v) is 6.48. The first kappa shape index (κ1) is 20.1. The van der Waals surface area contributed by atoms with Crippen molar-refractivity contribution in [1.82, 2.24) is 9.21 Å². The van der Waals surface area contributed by atoms with E-state index in [4.69, 9.17) is 14.2 Å². The summed E-state index contributed by atoms with van der Waals surface area (Å²) in [4.78, 5) is 14.3. The number of hydrogen-bond acceptors (Lipinski definition) is 6. The van der Waals surface area contributed by atoms with Crippen LogP contribution in [-0.2, 0) is 24.3 Å². The summed E-state index contributed by atoms with van der Waals surface area (Å²) in [7, 11) is -3.53. The molecule has 27 heavy (non-hydrogen) atoms. The van der Waals surface area contributed by atoms with E-state index in [1.54, 1.807) is 17.0 Å². The second kappa shape index (κ2) is 8.55. The zero-order valence-electron chi connectivity index (χ0n) is 15.7. The number of sulfonamides is 1. The fourth-order valence-corrected chi connectivity index (χ4v) is 4.67. The van der Waals surface area contributed by atoms with E-state index in [-0.39, 0.29) is 29.6 Å². The van der Waals surface area contributed by atoms with Crippen LogP contribution >= 0.6 is 0 Å². The maximum absolute atomic E-state index is 12.6. The maximum Gasteiger partial charge on any atom is 0.260 e. The van der Waals surface area contributed by atoms with Gasteiger partial charge in [-0.3, -0.25) is 4.79 Å². The molecular formula is C18H26N2O6S. The Morgan fingerprint density at radius 2 is 1.70 bits per heavy atom. The van der Waals surface area contributed by atoms with Crippen LogP contribution in [0.15, 0.2) is 29.2 Å². The Labute approximate surface area is 160 Å². The Morgan fingerprint density at radius 1 is 1.11 bits per heavy atom. The van der Waals surface area contributed by atoms with Gasteiger partial charge in [-0.05, 0) is 38.1 Å². The normalized spacial score (nSPS) is 24.6. The monoisotopic (exact) mass is 398 g/mol. The van der Waals surface area contributed by atoms with Crippen molar-refractivity contribution in [3.8, 4) is 5.75 Å². The summed E-state index contributed by atoms with van der Waals surface area (Å²) in [6, 6.07) is 6.16. The van der Waals surface area contributed by atoms with Crippen molar-refractivity contribution in [2.45, 2.75) is 31.0 Å². The second-order valence-electron chi connectivity index (χ2n) is 6.83. The van der Waals surface area contributed by atoms with Crippen molar-refractivity contribution in [3.63, 3.8) is 0 Å². The summed E-state index contributed by atoms with van der Waals surface area (Å²) >= 11 is 0. The van der Waals surface area contributed by atoms with Crippen molar-refractivity contribution in [2.24, 2.45) is 0 Å². The lowest BCUT2D eigenvalue weighted by Gasteiger charge is -2.35. The summed E-state index contributed by atoms with van der Waals surface area (Å²) in [5.74, 6) is 0.348. The molecule has 2 fully saturated rings. The summed E-state index contributed by atoms with van der Waals surface area (Å²) < 4.78 is 43.0. The molecule has 1 aromatic carbocycles. The molecule has 0 saturated carbocycles. The average molecular weight is 398 g/mol. The molecule has 1 aromatic rings. The average Bonchev–Trinajstić information content (AvgIpc) is 2.66. The van der Waals surface area contributed by atoms with Crippen LogP contribution in [0.4, 0.5) is 0 Å². The van der Waals surface area contributed by atoms with Crippen LogP contribution in [0.1, 0.15) is 13.8 Å². The maximum atomic E-state index is 12.6. The number of carbonyl (C=O) groups is 1. The van der Waals surface area contributed by atoms with Gasteiger partial charge in [0, 0.05) is 26.2 Å². The number of nitrogens with zero attached hydrogens (tertiary/aromatic N) is 2.